The summed E-state index contributed by atoms with van der Waals surface area (Å²) in [5.74, 6) is 0.992. The van der Waals surface area contributed by atoms with E-state index in [9.17, 15) is 9.59 Å². The molecule has 4 saturated carbocycles. The molecule has 4 fully saturated rings. The molecule has 4 amide bonds. The monoisotopic (exact) mass is 632 g/mol. The second-order valence-electron chi connectivity index (χ2n) is 14.7. The van der Waals surface area contributed by atoms with Crippen molar-refractivity contribution < 1.29 is 9.59 Å². The zero-order valence-electron chi connectivity index (χ0n) is 27.0. The molecule has 6 nitrogen and oxygen atoms in total. The van der Waals surface area contributed by atoms with Crippen LogP contribution in [0.5, 0.6) is 0 Å². The van der Waals surface area contributed by atoms with Crippen LogP contribution in [0.4, 0.5) is 9.59 Å². The van der Waals surface area contributed by atoms with E-state index < -0.39 is 0 Å². The highest BCUT2D eigenvalue weighted by Crippen LogP contribution is 2.57. The molecule has 4 aliphatic carbocycles. The maximum atomic E-state index is 13.7. The molecule has 6 aromatic rings. The second-order valence-corrected chi connectivity index (χ2v) is 14.7. The first-order valence-electron chi connectivity index (χ1n) is 17.4. The number of hydrogen-bond acceptors (Lipinski definition) is 2. The second kappa shape index (κ2) is 11.3. The van der Waals surface area contributed by atoms with Gasteiger partial charge >= 0.3 is 12.1 Å². The van der Waals surface area contributed by atoms with Crippen LogP contribution in [0.15, 0.2) is 109 Å². The van der Waals surface area contributed by atoms with E-state index in [-0.39, 0.29) is 23.1 Å². The molecule has 0 radical (unpaired) electrons. The molecule has 0 spiro atoms. The Morgan fingerprint density at radius 2 is 0.854 bits per heavy atom. The molecule has 0 aliphatic heterocycles. The first-order valence-corrected chi connectivity index (χ1v) is 17.4. The van der Waals surface area contributed by atoms with Crippen molar-refractivity contribution in [2.24, 2.45) is 11.8 Å². The van der Waals surface area contributed by atoms with E-state index in [1.165, 1.54) is 28.0 Å². The fourth-order valence-corrected chi connectivity index (χ4v) is 10.1. The van der Waals surface area contributed by atoms with Crippen LogP contribution < -0.4 is 21.3 Å². The lowest BCUT2D eigenvalue weighted by molar-refractivity contribution is -0.0412. The van der Waals surface area contributed by atoms with Gasteiger partial charge in [-0.15, -0.1) is 0 Å². The van der Waals surface area contributed by atoms with Gasteiger partial charge in [-0.05, 0) is 117 Å². The maximum absolute atomic E-state index is 13.7. The summed E-state index contributed by atoms with van der Waals surface area (Å²) in [6.45, 7) is 0.899. The van der Waals surface area contributed by atoms with Crippen LogP contribution >= 0.6 is 0 Å². The predicted molar refractivity (Wildman–Crippen MR) is 194 cm³/mol. The minimum atomic E-state index is -0.311. The molecular formula is C42H40N4O2. The van der Waals surface area contributed by atoms with Crippen molar-refractivity contribution in [1.82, 2.24) is 21.3 Å². The lowest BCUT2D eigenvalue weighted by Crippen LogP contribution is -2.71. The lowest BCUT2D eigenvalue weighted by Gasteiger charge is -2.62. The van der Waals surface area contributed by atoms with Gasteiger partial charge in [0.15, 0.2) is 0 Å². The number of benzene rings is 6. The van der Waals surface area contributed by atoms with Gasteiger partial charge in [0.2, 0.25) is 0 Å². The zero-order valence-corrected chi connectivity index (χ0v) is 27.0. The summed E-state index contributed by atoms with van der Waals surface area (Å²) in [7, 11) is 0. The van der Waals surface area contributed by atoms with Gasteiger partial charge in [0, 0.05) is 24.2 Å². The molecular weight excluding hydrogens is 592 g/mol. The summed E-state index contributed by atoms with van der Waals surface area (Å²) in [6.07, 6.45) is 5.84. The Balaban J connectivity index is 0.911. The minimum Gasteiger partial charge on any atom is -0.334 e. The molecule has 0 unspecified atom stereocenters. The average molecular weight is 633 g/mol. The Hall–Kier alpha value is -5.10. The Morgan fingerprint density at radius 1 is 0.521 bits per heavy atom. The van der Waals surface area contributed by atoms with Gasteiger partial charge in [-0.25, -0.2) is 9.59 Å². The number of rotatable bonds is 6. The maximum Gasteiger partial charge on any atom is 0.315 e. The molecule has 4 N–H and O–H groups in total. The first kappa shape index (κ1) is 29.1. The summed E-state index contributed by atoms with van der Waals surface area (Å²) in [4.78, 5) is 27.3. The molecule has 240 valence electrons. The minimum absolute atomic E-state index is 0.128. The van der Waals surface area contributed by atoms with E-state index in [4.69, 9.17) is 0 Å². The highest BCUT2D eigenvalue weighted by atomic mass is 16.2. The number of hydrogen-bond donors (Lipinski definition) is 4. The van der Waals surface area contributed by atoms with Gasteiger partial charge in [0.1, 0.15) is 0 Å². The number of nitrogens with one attached hydrogen (secondary N) is 4. The average Bonchev–Trinajstić information content (AvgIpc) is 3.07. The molecule has 0 saturated heterocycles. The molecule has 4 bridgehead atoms. The van der Waals surface area contributed by atoms with Gasteiger partial charge in [-0.3, -0.25) is 0 Å². The number of urea groups is 2. The van der Waals surface area contributed by atoms with Gasteiger partial charge < -0.3 is 21.3 Å². The Bertz CT molecular complexity index is 1970. The van der Waals surface area contributed by atoms with Crippen LogP contribution in [-0.4, -0.2) is 23.1 Å². The highest BCUT2D eigenvalue weighted by Gasteiger charge is 2.58. The topological polar surface area (TPSA) is 82.3 Å². The highest BCUT2D eigenvalue weighted by molar-refractivity contribution is 6.03. The summed E-state index contributed by atoms with van der Waals surface area (Å²) in [5, 5.41) is 22.7. The van der Waals surface area contributed by atoms with Gasteiger partial charge in [-0.2, -0.15) is 0 Å². The molecule has 0 heterocycles. The van der Waals surface area contributed by atoms with Crippen molar-refractivity contribution in [2.75, 3.05) is 0 Å². The summed E-state index contributed by atoms with van der Waals surface area (Å²) < 4.78 is 0. The first-order chi connectivity index (χ1) is 23.4. The number of carbonyl (C=O) groups is 2. The van der Waals surface area contributed by atoms with Crippen molar-refractivity contribution in [3.8, 4) is 0 Å². The van der Waals surface area contributed by atoms with E-state index in [0.29, 0.717) is 24.9 Å². The molecule has 48 heavy (non-hydrogen) atoms. The van der Waals surface area contributed by atoms with E-state index >= 15 is 0 Å². The third-order valence-corrected chi connectivity index (χ3v) is 11.4. The Kier molecular flexibility index (Phi) is 6.82. The van der Waals surface area contributed by atoms with Crippen LogP contribution in [0, 0.1) is 11.8 Å². The number of fused-ring (bicyclic) bond motifs is 4. The molecule has 0 atom stereocenters. The summed E-state index contributed by atoms with van der Waals surface area (Å²) in [6, 6.07) is 37.7. The largest absolute Gasteiger partial charge is 0.334 e. The fraction of sp³-hybridized carbons (Fsp3) is 0.286. The normalized spacial score (nSPS) is 24.2. The molecule has 4 aliphatic rings. The van der Waals surface area contributed by atoms with E-state index in [2.05, 4.69) is 130 Å². The third-order valence-electron chi connectivity index (χ3n) is 11.4. The fourth-order valence-electron chi connectivity index (χ4n) is 10.1. The van der Waals surface area contributed by atoms with Crippen LogP contribution in [-0.2, 0) is 13.1 Å². The van der Waals surface area contributed by atoms with Crippen molar-refractivity contribution in [2.45, 2.75) is 62.7 Å². The molecule has 0 aromatic heterocycles. The van der Waals surface area contributed by atoms with Crippen molar-refractivity contribution in [3.63, 3.8) is 0 Å². The molecule has 6 heteroatoms. The standard InChI is InChI=1S/C42H40N4O2/c47-39(43-24-37-33-13-5-1-9-29(33)18-30-10-2-6-14-34(30)37)45-41-20-27-17-28(21-41)23-42(22-27,26-41)46-40(48)44-25-38-35-15-7-3-11-31(35)19-32-12-4-8-16-36(32)38/h1-16,18-19,27-28H,17,20-26H2,(H2,43,45,47)(H2,44,46,48). The van der Waals surface area contributed by atoms with E-state index in [0.717, 1.165) is 64.8 Å². The summed E-state index contributed by atoms with van der Waals surface area (Å²) >= 11 is 0. The van der Waals surface area contributed by atoms with Gasteiger partial charge in [-0.1, -0.05) is 97.1 Å². The Morgan fingerprint density at radius 3 is 1.21 bits per heavy atom. The molecule has 10 rings (SSSR count). The van der Waals surface area contributed by atoms with Crippen molar-refractivity contribution in [3.05, 3.63) is 120 Å². The van der Waals surface area contributed by atoms with Crippen LogP contribution in [0.2, 0.25) is 0 Å². The lowest BCUT2D eigenvalue weighted by atomic mass is 9.50. The molecule has 6 aromatic carbocycles. The van der Waals surface area contributed by atoms with Gasteiger partial charge in [0.25, 0.3) is 0 Å². The van der Waals surface area contributed by atoms with Crippen LogP contribution in [0.25, 0.3) is 43.1 Å². The van der Waals surface area contributed by atoms with Crippen molar-refractivity contribution >= 4 is 55.2 Å². The quantitative estimate of drug-likeness (QED) is 0.139. The van der Waals surface area contributed by atoms with E-state index in [1.807, 2.05) is 0 Å². The third kappa shape index (κ3) is 5.11. The summed E-state index contributed by atoms with van der Waals surface area (Å²) in [5.41, 5.74) is 1.65. The van der Waals surface area contributed by atoms with Crippen LogP contribution in [0.1, 0.15) is 49.7 Å². The number of carbonyl (C=O) groups excluding carboxylic acids is 2. The number of amides is 4. The zero-order chi connectivity index (χ0) is 32.3. The smallest absolute Gasteiger partial charge is 0.315 e. The predicted octanol–water partition coefficient (Wildman–Crippen LogP) is 8.69. The van der Waals surface area contributed by atoms with Crippen LogP contribution in [0.3, 0.4) is 0 Å². The Labute approximate surface area is 280 Å². The SMILES string of the molecule is O=C(NCc1c2ccccc2cc2ccccc12)NC12CC3CC(C1)CC(NC(=O)NCc1c4ccccc4cc4ccccc14)(C3)C2. The van der Waals surface area contributed by atoms with Gasteiger partial charge in [0.05, 0.1) is 0 Å². The van der Waals surface area contributed by atoms with E-state index in [1.54, 1.807) is 0 Å². The van der Waals surface area contributed by atoms with Crippen molar-refractivity contribution in [1.29, 1.82) is 0 Å².